The molecule has 0 radical (unpaired) electrons. The van der Waals surface area contributed by atoms with Crippen molar-refractivity contribution in [3.05, 3.63) is 59.8 Å². The first-order valence-corrected chi connectivity index (χ1v) is 12.2. The van der Waals surface area contributed by atoms with Crippen LogP contribution >= 0.6 is 0 Å². The van der Waals surface area contributed by atoms with E-state index in [2.05, 4.69) is 10.4 Å². The Hall–Kier alpha value is -3.50. The van der Waals surface area contributed by atoms with Gasteiger partial charge in [0.15, 0.2) is 15.5 Å². The number of amides is 2. The summed E-state index contributed by atoms with van der Waals surface area (Å²) in [6, 6.07) is 13.9. The molecule has 0 atom stereocenters. The van der Waals surface area contributed by atoms with Gasteiger partial charge in [-0.3, -0.25) is 9.59 Å². The molecule has 2 aliphatic heterocycles. The van der Waals surface area contributed by atoms with Crippen LogP contribution in [0.3, 0.4) is 0 Å². The zero-order valence-corrected chi connectivity index (χ0v) is 18.8. The molecule has 0 spiro atoms. The van der Waals surface area contributed by atoms with E-state index in [-0.39, 0.29) is 29.6 Å². The number of fused-ring (bicyclic) bond motifs is 3. The van der Waals surface area contributed by atoms with Crippen molar-refractivity contribution < 1.29 is 24.2 Å². The number of hydrogen-bond acceptors (Lipinski definition) is 6. The van der Waals surface area contributed by atoms with Crippen LogP contribution in [0.5, 0.6) is 0 Å². The lowest BCUT2D eigenvalue weighted by Crippen LogP contribution is -2.41. The van der Waals surface area contributed by atoms with Gasteiger partial charge in [0, 0.05) is 38.3 Å². The molecule has 0 saturated carbocycles. The van der Waals surface area contributed by atoms with Crippen molar-refractivity contribution in [1.29, 1.82) is 0 Å². The molecule has 3 aromatic rings. The van der Waals surface area contributed by atoms with Crippen LogP contribution < -0.4 is 5.32 Å². The van der Waals surface area contributed by atoms with E-state index < -0.39 is 9.84 Å². The molecule has 1 fully saturated rings. The van der Waals surface area contributed by atoms with Crippen LogP contribution in [0.1, 0.15) is 24.4 Å². The molecule has 0 unspecified atom stereocenters. The fraction of sp³-hybridized carbons (Fsp3) is 0.261. The van der Waals surface area contributed by atoms with Crippen molar-refractivity contribution in [3.63, 3.8) is 0 Å². The average Bonchev–Trinajstić information content (AvgIpc) is 3.18. The Labute approximate surface area is 192 Å². The van der Waals surface area contributed by atoms with E-state index in [0.717, 1.165) is 0 Å². The Kier molecular flexibility index (Phi) is 5.26. The third-order valence-corrected chi connectivity index (χ3v) is 7.40. The van der Waals surface area contributed by atoms with E-state index >= 15 is 0 Å². The smallest absolute Gasteiger partial charge is 0.274 e. The van der Waals surface area contributed by atoms with Gasteiger partial charge in [-0.2, -0.15) is 5.10 Å². The minimum atomic E-state index is -3.72. The van der Waals surface area contributed by atoms with Crippen LogP contribution in [-0.2, 0) is 25.1 Å². The monoisotopic (exact) mass is 468 g/mol. The maximum Gasteiger partial charge on any atom is 0.274 e. The number of morpholine rings is 1. The third-order valence-electron chi connectivity index (χ3n) is 5.71. The predicted octanol–water partition coefficient (Wildman–Crippen LogP) is 2.50. The summed E-state index contributed by atoms with van der Waals surface area (Å²) >= 11 is 0. The fourth-order valence-electron chi connectivity index (χ4n) is 4.24. The fourth-order valence-corrected chi connectivity index (χ4v) is 5.82. The van der Waals surface area contributed by atoms with Crippen LogP contribution in [-0.4, -0.2) is 61.2 Å². The van der Waals surface area contributed by atoms with Crippen molar-refractivity contribution in [2.75, 3.05) is 31.6 Å². The number of carbonyl (C=O) groups excluding carboxylic acids is 2. The van der Waals surface area contributed by atoms with E-state index in [9.17, 15) is 18.0 Å². The predicted molar refractivity (Wildman–Crippen MR) is 123 cm³/mol. The Morgan fingerprint density at radius 3 is 2.52 bits per heavy atom. The maximum atomic E-state index is 13.4. The van der Waals surface area contributed by atoms with E-state index in [1.54, 1.807) is 21.7 Å². The largest absolute Gasteiger partial charge is 0.378 e. The number of nitrogens with zero attached hydrogens (tertiary/aromatic N) is 3. The van der Waals surface area contributed by atoms with Crippen molar-refractivity contribution in [1.82, 2.24) is 14.7 Å². The minimum Gasteiger partial charge on any atom is -0.378 e. The van der Waals surface area contributed by atoms with Crippen LogP contribution in [0, 0.1) is 0 Å². The number of hydrogen-bond donors (Lipinski definition) is 1. The lowest BCUT2D eigenvalue weighted by molar-refractivity contribution is -0.114. The average molecular weight is 469 g/mol. The number of anilines is 1. The first kappa shape index (κ1) is 21.4. The van der Waals surface area contributed by atoms with Gasteiger partial charge >= 0.3 is 0 Å². The van der Waals surface area contributed by atoms with Crippen LogP contribution in [0.15, 0.2) is 53.4 Å². The van der Waals surface area contributed by atoms with Crippen molar-refractivity contribution in [2.45, 2.75) is 17.6 Å². The first-order chi connectivity index (χ1) is 15.8. The Morgan fingerprint density at radius 1 is 1.09 bits per heavy atom. The number of carbonyl (C=O) groups is 2. The van der Waals surface area contributed by atoms with Gasteiger partial charge in [-0.15, -0.1) is 0 Å². The van der Waals surface area contributed by atoms with E-state index in [1.807, 2.05) is 30.3 Å². The van der Waals surface area contributed by atoms with Gasteiger partial charge in [0.25, 0.3) is 5.91 Å². The molecule has 2 aliphatic rings. The number of rotatable bonds is 3. The first-order valence-electron chi connectivity index (χ1n) is 10.5. The second-order valence-corrected chi connectivity index (χ2v) is 9.94. The second kappa shape index (κ2) is 8.13. The summed E-state index contributed by atoms with van der Waals surface area (Å²) < 4.78 is 33.4. The molecule has 1 N–H and O–H groups in total. The summed E-state index contributed by atoms with van der Waals surface area (Å²) in [6.45, 7) is 3.07. The van der Waals surface area contributed by atoms with E-state index in [1.165, 1.54) is 13.0 Å². The van der Waals surface area contributed by atoms with Crippen LogP contribution in [0.2, 0.25) is 0 Å². The zero-order chi connectivity index (χ0) is 23.2. The van der Waals surface area contributed by atoms with Crippen LogP contribution in [0.25, 0.3) is 16.9 Å². The summed E-state index contributed by atoms with van der Waals surface area (Å²) in [5.74, 6) is -0.915. The second-order valence-electron chi connectivity index (χ2n) is 7.98. The summed E-state index contributed by atoms with van der Waals surface area (Å²) in [6.07, 6.45) is 0. The summed E-state index contributed by atoms with van der Waals surface area (Å²) in [5.41, 5.74) is 2.59. The molecule has 172 valence electrons. The Bertz CT molecular complexity index is 1370. The minimum absolute atomic E-state index is 0. The lowest BCUT2D eigenvalue weighted by Gasteiger charge is -2.26. The summed E-state index contributed by atoms with van der Waals surface area (Å²) in [4.78, 5) is 26.8. The molecule has 9 nitrogen and oxygen atoms in total. The normalized spacial score (nSPS) is 16.6. The van der Waals surface area contributed by atoms with Crippen molar-refractivity contribution >= 4 is 27.3 Å². The quantitative estimate of drug-likeness (QED) is 0.632. The highest BCUT2D eigenvalue weighted by Crippen LogP contribution is 2.42. The molecular formula is C23H24N4O5S. The Balaban J connectivity index is 0.00000274. The molecule has 1 aromatic heterocycles. The number of benzene rings is 2. The number of para-hydroxylation sites is 1. The van der Waals surface area contributed by atoms with Gasteiger partial charge < -0.3 is 15.0 Å². The highest BCUT2D eigenvalue weighted by atomic mass is 32.2. The summed E-state index contributed by atoms with van der Waals surface area (Å²) in [5, 5.41) is 7.33. The highest BCUT2D eigenvalue weighted by molar-refractivity contribution is 7.90. The molecule has 2 amide bonds. The number of nitrogens with one attached hydrogen (secondary N) is 1. The van der Waals surface area contributed by atoms with Crippen molar-refractivity contribution in [2.24, 2.45) is 0 Å². The van der Waals surface area contributed by atoms with E-state index in [0.29, 0.717) is 54.5 Å². The topological polar surface area (TPSA) is 111 Å². The molecule has 33 heavy (non-hydrogen) atoms. The van der Waals surface area contributed by atoms with E-state index in [4.69, 9.17) is 4.74 Å². The van der Waals surface area contributed by atoms with Crippen LogP contribution in [0.4, 0.5) is 5.69 Å². The molecule has 2 aromatic carbocycles. The molecule has 0 aliphatic carbocycles. The molecule has 0 bridgehead atoms. The summed E-state index contributed by atoms with van der Waals surface area (Å²) in [7, 11) is -3.72. The van der Waals surface area contributed by atoms with Crippen molar-refractivity contribution in [3.8, 4) is 16.9 Å². The molecule has 10 heteroatoms. The van der Waals surface area contributed by atoms with Gasteiger partial charge in [-0.25, -0.2) is 13.1 Å². The molecular weight excluding hydrogens is 444 g/mol. The highest BCUT2D eigenvalue weighted by Gasteiger charge is 2.37. The van der Waals surface area contributed by atoms with Gasteiger partial charge in [0.05, 0.1) is 35.2 Å². The van der Waals surface area contributed by atoms with Gasteiger partial charge in [0.1, 0.15) is 0 Å². The Morgan fingerprint density at radius 2 is 1.82 bits per heavy atom. The number of sulfone groups is 1. The van der Waals surface area contributed by atoms with Gasteiger partial charge in [-0.05, 0) is 30.3 Å². The zero-order valence-electron chi connectivity index (χ0n) is 17.9. The van der Waals surface area contributed by atoms with Gasteiger partial charge in [-0.1, -0.05) is 18.2 Å². The molecule has 3 heterocycles. The SMILES string of the molecule is CC(=O)Nc1ccc2c(c1)-c1c(c(C(=O)N3CCOCC3)nn1-c1ccccc1)CS2(=O)=O.[HH]. The van der Waals surface area contributed by atoms with Gasteiger partial charge in [0.2, 0.25) is 5.91 Å². The number of ether oxygens (including phenoxy) is 1. The number of aromatic nitrogens is 2. The third kappa shape index (κ3) is 3.81. The lowest BCUT2D eigenvalue weighted by atomic mass is 10.0. The maximum absolute atomic E-state index is 13.4. The molecule has 1 saturated heterocycles. The molecule has 5 rings (SSSR count). The standard InChI is InChI=1S/C23H22N4O5S.H2/c1-15(28)24-16-7-8-20-18(13-16)22-19(14-33(20,30)31)21(23(29)26-9-11-32-12-10-26)25-27(22)17-5-3-2-4-6-17;/h2-8,13H,9-12,14H2,1H3,(H,24,28);1H.